The van der Waals surface area contributed by atoms with Gasteiger partial charge in [-0.1, -0.05) is 13.0 Å². The van der Waals surface area contributed by atoms with Crippen molar-refractivity contribution in [3.63, 3.8) is 0 Å². The van der Waals surface area contributed by atoms with Crippen molar-refractivity contribution in [1.82, 2.24) is 15.1 Å². The molecular formula is C19H21FN4O3. The van der Waals surface area contributed by atoms with Crippen molar-refractivity contribution in [2.24, 2.45) is 0 Å². The number of amides is 1. The third-order valence-corrected chi connectivity index (χ3v) is 3.92. The van der Waals surface area contributed by atoms with Gasteiger partial charge in [0.15, 0.2) is 5.76 Å². The predicted octanol–water partition coefficient (Wildman–Crippen LogP) is 3.63. The Bertz CT molecular complexity index is 892. The number of benzene rings is 1. The van der Waals surface area contributed by atoms with Crippen LogP contribution in [0.5, 0.6) is 0 Å². The lowest BCUT2D eigenvalue weighted by molar-refractivity contribution is -0.117. The maximum atomic E-state index is 13.6. The summed E-state index contributed by atoms with van der Waals surface area (Å²) in [7, 11) is 0. The zero-order valence-electron chi connectivity index (χ0n) is 15.2. The Kier molecular flexibility index (Phi) is 5.97. The van der Waals surface area contributed by atoms with Gasteiger partial charge < -0.3 is 14.2 Å². The number of nitrogens with one attached hydrogen (secondary N) is 1. The number of aryl methyl sites for hydroxylation is 1. The van der Waals surface area contributed by atoms with Crippen LogP contribution in [0.4, 0.5) is 10.1 Å². The molecule has 0 saturated carbocycles. The van der Waals surface area contributed by atoms with Crippen LogP contribution in [0.2, 0.25) is 0 Å². The fraction of sp³-hybridized carbons (Fsp3) is 0.316. The number of aromatic nitrogens is 2. The van der Waals surface area contributed by atoms with E-state index in [1.807, 2.05) is 11.8 Å². The van der Waals surface area contributed by atoms with Crippen LogP contribution < -0.4 is 5.32 Å². The average Bonchev–Trinajstić information content (AvgIpc) is 3.29. The molecule has 0 aliphatic carbocycles. The zero-order chi connectivity index (χ0) is 19.2. The molecule has 1 N–H and O–H groups in total. The maximum Gasteiger partial charge on any atom is 0.283 e. The number of halogens is 1. The molecule has 2 heterocycles. The quantitative estimate of drug-likeness (QED) is 0.650. The van der Waals surface area contributed by atoms with Gasteiger partial charge in [-0.05, 0) is 49.7 Å². The van der Waals surface area contributed by atoms with Gasteiger partial charge in [0.1, 0.15) is 5.82 Å². The molecule has 0 aliphatic rings. The van der Waals surface area contributed by atoms with Gasteiger partial charge in [-0.2, -0.15) is 0 Å². The first-order valence-corrected chi connectivity index (χ1v) is 8.69. The van der Waals surface area contributed by atoms with E-state index in [1.165, 1.54) is 12.3 Å². The van der Waals surface area contributed by atoms with E-state index in [0.717, 1.165) is 6.42 Å². The van der Waals surface area contributed by atoms with Crippen LogP contribution in [0.1, 0.15) is 24.8 Å². The van der Waals surface area contributed by atoms with E-state index in [4.69, 9.17) is 8.83 Å². The molecule has 3 aromatic rings. The summed E-state index contributed by atoms with van der Waals surface area (Å²) in [4.78, 5) is 14.2. The lowest BCUT2D eigenvalue weighted by Crippen LogP contribution is -2.33. The normalized spacial score (nSPS) is 11.1. The van der Waals surface area contributed by atoms with Crippen LogP contribution in [-0.2, 0) is 11.3 Å². The Morgan fingerprint density at radius 2 is 2.15 bits per heavy atom. The van der Waals surface area contributed by atoms with E-state index >= 15 is 0 Å². The summed E-state index contributed by atoms with van der Waals surface area (Å²) in [6.45, 7) is 4.82. The van der Waals surface area contributed by atoms with Gasteiger partial charge in [0.25, 0.3) is 5.89 Å². The summed E-state index contributed by atoms with van der Waals surface area (Å²) in [5.41, 5.74) is 0.960. The lowest BCUT2D eigenvalue weighted by atomic mass is 10.2. The van der Waals surface area contributed by atoms with Crippen LogP contribution in [-0.4, -0.2) is 34.1 Å². The van der Waals surface area contributed by atoms with E-state index in [9.17, 15) is 9.18 Å². The fourth-order valence-electron chi connectivity index (χ4n) is 2.61. The Morgan fingerprint density at radius 3 is 2.85 bits per heavy atom. The van der Waals surface area contributed by atoms with Crippen LogP contribution in [0.25, 0.3) is 11.7 Å². The summed E-state index contributed by atoms with van der Waals surface area (Å²) in [5.74, 6) is 0.594. The molecule has 142 valence electrons. The number of hydrogen-bond acceptors (Lipinski definition) is 6. The Morgan fingerprint density at radius 1 is 1.30 bits per heavy atom. The Hall–Kier alpha value is -3.00. The predicted molar refractivity (Wildman–Crippen MR) is 97.3 cm³/mol. The highest BCUT2D eigenvalue weighted by Gasteiger charge is 2.16. The number of rotatable bonds is 8. The molecule has 2 aromatic heterocycles. The van der Waals surface area contributed by atoms with Crippen LogP contribution in [0.15, 0.2) is 45.4 Å². The second kappa shape index (κ2) is 8.59. The van der Waals surface area contributed by atoms with Crippen molar-refractivity contribution in [3.8, 4) is 11.7 Å². The molecule has 27 heavy (non-hydrogen) atoms. The van der Waals surface area contributed by atoms with Gasteiger partial charge in [0, 0.05) is 5.69 Å². The molecule has 0 aliphatic heterocycles. The zero-order valence-corrected chi connectivity index (χ0v) is 15.2. The summed E-state index contributed by atoms with van der Waals surface area (Å²) in [6, 6.07) is 8.08. The summed E-state index contributed by atoms with van der Waals surface area (Å²) in [6.07, 6.45) is 2.38. The number of nitrogens with zero attached hydrogens (tertiary/aromatic N) is 3. The van der Waals surface area contributed by atoms with Crippen molar-refractivity contribution in [3.05, 3.63) is 53.9 Å². The standard InChI is InChI=1S/C19H21FN4O3/c1-3-8-24(11-17(25)21-14-7-6-13(2)15(20)10-14)12-18-22-23-19(27-18)16-5-4-9-26-16/h4-7,9-10H,3,8,11-12H2,1-2H3,(H,21,25). The van der Waals surface area contributed by atoms with Crippen LogP contribution >= 0.6 is 0 Å². The van der Waals surface area contributed by atoms with Crippen molar-refractivity contribution in [2.45, 2.75) is 26.8 Å². The van der Waals surface area contributed by atoms with Crippen molar-refractivity contribution >= 4 is 11.6 Å². The van der Waals surface area contributed by atoms with Gasteiger partial charge in [-0.3, -0.25) is 9.69 Å². The molecule has 3 rings (SSSR count). The van der Waals surface area contributed by atoms with Crippen molar-refractivity contribution in [2.75, 3.05) is 18.4 Å². The van der Waals surface area contributed by atoms with Crippen LogP contribution in [0.3, 0.4) is 0 Å². The molecule has 1 amide bonds. The first kappa shape index (κ1) is 18.8. The Balaban J connectivity index is 1.61. The number of hydrogen-bond donors (Lipinski definition) is 1. The number of carbonyl (C=O) groups excluding carboxylic acids is 1. The first-order valence-electron chi connectivity index (χ1n) is 8.69. The van der Waals surface area contributed by atoms with E-state index < -0.39 is 0 Å². The minimum Gasteiger partial charge on any atom is -0.459 e. The number of furan rings is 1. The van der Waals surface area contributed by atoms with E-state index in [0.29, 0.717) is 41.9 Å². The van der Waals surface area contributed by atoms with Gasteiger partial charge in [0.2, 0.25) is 11.8 Å². The topological polar surface area (TPSA) is 84.4 Å². The third kappa shape index (κ3) is 5.01. The largest absolute Gasteiger partial charge is 0.459 e. The van der Waals surface area contributed by atoms with Gasteiger partial charge in [-0.15, -0.1) is 10.2 Å². The monoisotopic (exact) mass is 372 g/mol. The summed E-state index contributed by atoms with van der Waals surface area (Å²) in [5, 5.41) is 10.7. The van der Waals surface area contributed by atoms with E-state index in [2.05, 4.69) is 15.5 Å². The van der Waals surface area contributed by atoms with Crippen molar-refractivity contribution < 1.29 is 18.0 Å². The molecule has 0 atom stereocenters. The number of carbonyl (C=O) groups is 1. The molecule has 0 bridgehead atoms. The molecule has 7 nitrogen and oxygen atoms in total. The van der Waals surface area contributed by atoms with Gasteiger partial charge in [0.05, 0.1) is 19.4 Å². The van der Waals surface area contributed by atoms with E-state index in [-0.39, 0.29) is 18.3 Å². The highest BCUT2D eigenvalue weighted by atomic mass is 19.1. The molecule has 8 heteroatoms. The third-order valence-electron chi connectivity index (χ3n) is 3.92. The first-order chi connectivity index (χ1) is 13.0. The van der Waals surface area contributed by atoms with Gasteiger partial charge in [-0.25, -0.2) is 4.39 Å². The minimum absolute atomic E-state index is 0.127. The lowest BCUT2D eigenvalue weighted by Gasteiger charge is -2.19. The smallest absolute Gasteiger partial charge is 0.283 e. The molecule has 0 saturated heterocycles. The summed E-state index contributed by atoms with van der Waals surface area (Å²) >= 11 is 0. The molecule has 0 radical (unpaired) electrons. The summed E-state index contributed by atoms with van der Waals surface area (Å²) < 4.78 is 24.4. The number of anilines is 1. The molecule has 1 aromatic carbocycles. The Labute approximate surface area is 156 Å². The van der Waals surface area contributed by atoms with Crippen LogP contribution in [0, 0.1) is 12.7 Å². The second-order valence-corrected chi connectivity index (χ2v) is 6.20. The molecule has 0 spiro atoms. The molecule has 0 unspecified atom stereocenters. The van der Waals surface area contributed by atoms with E-state index in [1.54, 1.807) is 31.2 Å². The highest BCUT2D eigenvalue weighted by Crippen LogP contribution is 2.18. The van der Waals surface area contributed by atoms with Crippen molar-refractivity contribution in [1.29, 1.82) is 0 Å². The fourth-order valence-corrected chi connectivity index (χ4v) is 2.61. The minimum atomic E-state index is -0.352. The molecular weight excluding hydrogens is 351 g/mol. The maximum absolute atomic E-state index is 13.6. The van der Waals surface area contributed by atoms with Gasteiger partial charge >= 0.3 is 0 Å². The highest BCUT2D eigenvalue weighted by molar-refractivity contribution is 5.92. The SMILES string of the molecule is CCCN(CC(=O)Nc1ccc(C)c(F)c1)Cc1nnc(-c2ccco2)o1. The second-order valence-electron chi connectivity index (χ2n) is 6.20. The average molecular weight is 372 g/mol. The molecule has 0 fully saturated rings.